The molecule has 0 unspecified atom stereocenters. The van der Waals surface area contributed by atoms with Crippen LogP contribution in [0, 0.1) is 5.82 Å². The number of anilines is 1. The number of rotatable bonds is 3. The molecule has 31 heavy (non-hydrogen) atoms. The molecule has 1 aliphatic heterocycles. The number of hydrogen-bond acceptors (Lipinski definition) is 4. The molecule has 1 atom stereocenters. The Morgan fingerprint density at radius 1 is 0.903 bits per heavy atom. The molecule has 1 aromatic heterocycles. The molecule has 0 saturated carbocycles. The van der Waals surface area contributed by atoms with Gasteiger partial charge in [-0.1, -0.05) is 54.6 Å². The highest BCUT2D eigenvalue weighted by atomic mass is 19.1. The topological polar surface area (TPSA) is 71.6 Å². The summed E-state index contributed by atoms with van der Waals surface area (Å²) in [5, 5.41) is 2.00. The van der Waals surface area contributed by atoms with Gasteiger partial charge in [-0.05, 0) is 29.7 Å². The van der Waals surface area contributed by atoms with E-state index in [1.54, 1.807) is 29.3 Å². The van der Waals surface area contributed by atoms with Gasteiger partial charge in [0.2, 0.25) is 0 Å². The molecule has 5 nitrogen and oxygen atoms in total. The number of benzodiazepines with no additional fused rings is 1. The zero-order chi connectivity index (χ0) is 21.4. The number of para-hydroxylation sites is 1. The van der Waals surface area contributed by atoms with E-state index in [-0.39, 0.29) is 12.5 Å². The molecule has 2 heterocycles. The molecule has 6 heteroatoms. The number of halogens is 1. The van der Waals surface area contributed by atoms with Crippen LogP contribution in [0.2, 0.25) is 0 Å². The van der Waals surface area contributed by atoms with E-state index in [9.17, 15) is 9.18 Å². The molecular formula is C25H19FN4O. The summed E-state index contributed by atoms with van der Waals surface area (Å²) in [5.74, 6) is -0.784. The van der Waals surface area contributed by atoms with Crippen molar-refractivity contribution in [3.05, 3.63) is 108 Å². The molecule has 0 radical (unpaired) electrons. The second-order valence-corrected chi connectivity index (χ2v) is 7.32. The van der Waals surface area contributed by atoms with Crippen molar-refractivity contribution in [3.8, 4) is 0 Å². The maximum absolute atomic E-state index is 14.6. The van der Waals surface area contributed by atoms with Gasteiger partial charge >= 0.3 is 0 Å². The van der Waals surface area contributed by atoms with E-state index in [1.165, 1.54) is 6.07 Å². The Morgan fingerprint density at radius 2 is 1.61 bits per heavy atom. The highest BCUT2D eigenvalue weighted by Gasteiger charge is 2.31. The third kappa shape index (κ3) is 3.37. The summed E-state index contributed by atoms with van der Waals surface area (Å²) in [6.07, 6.45) is 0.574. The quantitative estimate of drug-likeness (QED) is 0.554. The SMILES string of the molecule is N[C@H]1N=C(c2ccccc2F)c2ccccc2N(Cc2nccc3ccccc23)C1=O. The lowest BCUT2D eigenvalue weighted by Gasteiger charge is -2.24. The Hall–Kier alpha value is -3.90. The third-order valence-electron chi connectivity index (χ3n) is 5.43. The van der Waals surface area contributed by atoms with Crippen molar-refractivity contribution in [2.45, 2.75) is 12.7 Å². The van der Waals surface area contributed by atoms with Crippen LogP contribution in [0.25, 0.3) is 10.8 Å². The number of carbonyl (C=O) groups excluding carboxylic acids is 1. The molecule has 4 aromatic rings. The van der Waals surface area contributed by atoms with Crippen LogP contribution in [-0.2, 0) is 11.3 Å². The second kappa shape index (κ2) is 7.74. The zero-order valence-corrected chi connectivity index (χ0v) is 16.6. The normalized spacial score (nSPS) is 16.1. The molecule has 0 spiro atoms. The number of pyridine rings is 1. The first-order chi connectivity index (χ1) is 15.1. The van der Waals surface area contributed by atoms with Gasteiger partial charge in [0, 0.05) is 22.7 Å². The number of amides is 1. The molecule has 0 aliphatic carbocycles. The summed E-state index contributed by atoms with van der Waals surface area (Å²) in [5.41, 5.74) is 8.87. The monoisotopic (exact) mass is 410 g/mol. The largest absolute Gasteiger partial charge is 0.303 e. The third-order valence-corrected chi connectivity index (χ3v) is 5.43. The fourth-order valence-electron chi connectivity index (χ4n) is 3.94. The van der Waals surface area contributed by atoms with Gasteiger partial charge in [0.15, 0.2) is 6.17 Å². The van der Waals surface area contributed by atoms with Gasteiger partial charge in [0.1, 0.15) is 5.82 Å². The predicted molar refractivity (Wildman–Crippen MR) is 119 cm³/mol. The van der Waals surface area contributed by atoms with E-state index in [2.05, 4.69) is 9.98 Å². The summed E-state index contributed by atoms with van der Waals surface area (Å²) >= 11 is 0. The Morgan fingerprint density at radius 3 is 2.45 bits per heavy atom. The number of nitrogens with two attached hydrogens (primary N) is 1. The average Bonchev–Trinajstić information content (AvgIpc) is 2.90. The van der Waals surface area contributed by atoms with Crippen molar-refractivity contribution < 1.29 is 9.18 Å². The van der Waals surface area contributed by atoms with Crippen molar-refractivity contribution in [1.82, 2.24) is 4.98 Å². The maximum atomic E-state index is 14.6. The molecule has 5 rings (SSSR count). The molecule has 0 saturated heterocycles. The van der Waals surface area contributed by atoms with Gasteiger partial charge in [-0.25, -0.2) is 4.39 Å². The molecule has 152 valence electrons. The average molecular weight is 410 g/mol. The Bertz CT molecular complexity index is 1330. The van der Waals surface area contributed by atoms with E-state index in [0.717, 1.165) is 16.5 Å². The number of benzene rings is 3. The van der Waals surface area contributed by atoms with Gasteiger partial charge in [0.25, 0.3) is 5.91 Å². The minimum absolute atomic E-state index is 0.227. The summed E-state index contributed by atoms with van der Waals surface area (Å²) < 4.78 is 14.6. The number of hydrogen-bond donors (Lipinski definition) is 1. The standard InChI is InChI=1S/C25H19FN4O/c26-20-11-5-3-9-18(20)23-19-10-4-6-12-22(19)30(25(31)24(27)29-23)15-21-17-8-2-1-7-16(17)13-14-28-21/h1-14,24H,15,27H2/t24-/m0/s1. The Labute approximate surface area is 178 Å². The minimum atomic E-state index is -1.16. The summed E-state index contributed by atoms with van der Waals surface area (Å²) in [4.78, 5) is 23.8. The number of carbonyl (C=O) groups is 1. The van der Waals surface area contributed by atoms with Crippen molar-refractivity contribution in [2.24, 2.45) is 10.7 Å². The van der Waals surface area contributed by atoms with Crippen molar-refractivity contribution in [1.29, 1.82) is 0 Å². The minimum Gasteiger partial charge on any atom is -0.303 e. The van der Waals surface area contributed by atoms with Crippen LogP contribution in [0.5, 0.6) is 0 Å². The van der Waals surface area contributed by atoms with Crippen LogP contribution >= 0.6 is 0 Å². The Kier molecular flexibility index (Phi) is 4.76. The van der Waals surface area contributed by atoms with Crippen molar-refractivity contribution >= 4 is 28.1 Å². The van der Waals surface area contributed by atoms with Crippen molar-refractivity contribution in [3.63, 3.8) is 0 Å². The van der Waals surface area contributed by atoms with Crippen LogP contribution < -0.4 is 10.6 Å². The first kappa shape index (κ1) is 19.1. The molecular weight excluding hydrogens is 391 g/mol. The van der Waals surface area contributed by atoms with E-state index in [1.807, 2.05) is 54.6 Å². The second-order valence-electron chi connectivity index (χ2n) is 7.32. The van der Waals surface area contributed by atoms with Gasteiger partial charge in [-0.3, -0.25) is 14.8 Å². The molecule has 3 aromatic carbocycles. The number of nitrogens with zero attached hydrogens (tertiary/aromatic N) is 3. The van der Waals surface area contributed by atoms with E-state index < -0.39 is 12.0 Å². The fraction of sp³-hybridized carbons (Fsp3) is 0.0800. The van der Waals surface area contributed by atoms with Gasteiger partial charge in [0.05, 0.1) is 23.6 Å². The van der Waals surface area contributed by atoms with E-state index in [4.69, 9.17) is 5.73 Å². The molecule has 0 bridgehead atoms. The highest BCUT2D eigenvalue weighted by Crippen LogP contribution is 2.30. The molecule has 1 amide bonds. The highest BCUT2D eigenvalue weighted by molar-refractivity contribution is 6.20. The van der Waals surface area contributed by atoms with Crippen LogP contribution in [0.3, 0.4) is 0 Å². The van der Waals surface area contributed by atoms with Crippen molar-refractivity contribution in [2.75, 3.05) is 4.90 Å². The number of fused-ring (bicyclic) bond motifs is 2. The lowest BCUT2D eigenvalue weighted by atomic mass is 9.99. The van der Waals surface area contributed by atoms with Gasteiger partial charge in [-0.2, -0.15) is 0 Å². The van der Waals surface area contributed by atoms with Crippen LogP contribution in [0.1, 0.15) is 16.8 Å². The zero-order valence-electron chi connectivity index (χ0n) is 16.6. The molecule has 0 fully saturated rings. The number of aliphatic imine (C=N–C) groups is 1. The lowest BCUT2D eigenvalue weighted by Crippen LogP contribution is -2.42. The molecule has 1 aliphatic rings. The maximum Gasteiger partial charge on any atom is 0.266 e. The summed E-state index contributed by atoms with van der Waals surface area (Å²) in [7, 11) is 0. The van der Waals surface area contributed by atoms with Crippen LogP contribution in [-0.4, -0.2) is 22.8 Å². The first-order valence-electron chi connectivity index (χ1n) is 9.95. The van der Waals surface area contributed by atoms with Gasteiger partial charge in [-0.15, -0.1) is 0 Å². The smallest absolute Gasteiger partial charge is 0.266 e. The fourth-order valence-corrected chi connectivity index (χ4v) is 3.94. The lowest BCUT2D eigenvalue weighted by molar-refractivity contribution is -0.119. The summed E-state index contributed by atoms with van der Waals surface area (Å²) in [6, 6.07) is 23.5. The van der Waals surface area contributed by atoms with Gasteiger partial charge < -0.3 is 10.6 Å². The Balaban J connectivity index is 1.66. The first-order valence-corrected chi connectivity index (χ1v) is 9.95. The summed E-state index contributed by atoms with van der Waals surface area (Å²) in [6.45, 7) is 0.227. The number of aromatic nitrogens is 1. The predicted octanol–water partition coefficient (Wildman–Crippen LogP) is 4.04. The van der Waals surface area contributed by atoms with Crippen LogP contribution in [0.15, 0.2) is 90.1 Å². The van der Waals surface area contributed by atoms with E-state index in [0.29, 0.717) is 22.5 Å². The van der Waals surface area contributed by atoms with Crippen LogP contribution in [0.4, 0.5) is 10.1 Å². The van der Waals surface area contributed by atoms with E-state index >= 15 is 0 Å². The molecule has 2 N–H and O–H groups in total.